The van der Waals surface area contributed by atoms with Crippen molar-refractivity contribution in [3.63, 3.8) is 0 Å². The van der Waals surface area contributed by atoms with E-state index in [0.717, 1.165) is 54.3 Å². The molecule has 3 heterocycles. The molecule has 0 bridgehead atoms. The van der Waals surface area contributed by atoms with E-state index in [1.165, 1.54) is 0 Å². The summed E-state index contributed by atoms with van der Waals surface area (Å²) in [7, 11) is 2.16. The smallest absolute Gasteiger partial charge is 0.229 e. The van der Waals surface area contributed by atoms with Gasteiger partial charge in [0.2, 0.25) is 11.8 Å². The summed E-state index contributed by atoms with van der Waals surface area (Å²) in [6.45, 7) is 8.74. The average Bonchev–Trinajstić information content (AvgIpc) is 3.25. The second kappa shape index (κ2) is 8.14. The van der Waals surface area contributed by atoms with Gasteiger partial charge in [-0.2, -0.15) is 4.98 Å². The molecule has 30 heavy (non-hydrogen) atoms. The molecule has 0 radical (unpaired) electrons. The van der Waals surface area contributed by atoms with Crippen molar-refractivity contribution in [3.05, 3.63) is 53.9 Å². The predicted octanol–water partition coefficient (Wildman–Crippen LogP) is 3.88. The van der Waals surface area contributed by atoms with Crippen molar-refractivity contribution >= 4 is 5.95 Å². The van der Waals surface area contributed by atoms with Crippen LogP contribution in [0.25, 0.3) is 11.1 Å². The van der Waals surface area contributed by atoms with Gasteiger partial charge in [-0.3, -0.25) is 0 Å². The number of nitrogens with zero attached hydrogens (tertiary/aromatic N) is 5. The van der Waals surface area contributed by atoms with Crippen molar-refractivity contribution in [1.29, 1.82) is 0 Å². The highest BCUT2D eigenvalue weighted by Gasteiger charge is 2.38. The molecule has 0 spiro atoms. The SMILES string of the molecule is CC(C)C(C)(c1ccc(-c2cnc(N)nc2)cc1)c1noc(C2CCN(C)CC2)n1. The fraction of sp³-hybridized carbons (Fsp3) is 0.478. The van der Waals surface area contributed by atoms with Gasteiger partial charge in [-0.05, 0) is 56.9 Å². The molecule has 1 fully saturated rings. The van der Waals surface area contributed by atoms with Crippen molar-refractivity contribution in [1.82, 2.24) is 25.0 Å². The van der Waals surface area contributed by atoms with Gasteiger partial charge >= 0.3 is 0 Å². The molecule has 1 aromatic carbocycles. The summed E-state index contributed by atoms with van der Waals surface area (Å²) in [6, 6.07) is 8.44. The summed E-state index contributed by atoms with van der Waals surface area (Å²) >= 11 is 0. The third-order valence-electron chi connectivity index (χ3n) is 6.62. The molecule has 1 unspecified atom stereocenters. The Morgan fingerprint density at radius 2 is 1.70 bits per heavy atom. The highest BCUT2D eigenvalue weighted by Crippen LogP contribution is 2.39. The Balaban J connectivity index is 1.62. The van der Waals surface area contributed by atoms with Crippen molar-refractivity contribution in [2.24, 2.45) is 5.92 Å². The molecule has 2 N–H and O–H groups in total. The number of nitrogen functional groups attached to an aromatic ring is 1. The maximum absolute atomic E-state index is 5.75. The van der Waals surface area contributed by atoms with E-state index in [2.05, 4.69) is 72.1 Å². The van der Waals surface area contributed by atoms with Gasteiger partial charge in [0.15, 0.2) is 5.82 Å². The van der Waals surface area contributed by atoms with Crippen molar-refractivity contribution in [2.75, 3.05) is 25.9 Å². The lowest BCUT2D eigenvalue weighted by atomic mass is 9.72. The Morgan fingerprint density at radius 3 is 2.30 bits per heavy atom. The van der Waals surface area contributed by atoms with Crippen LogP contribution in [0.1, 0.15) is 56.8 Å². The number of likely N-dealkylation sites (tertiary alicyclic amines) is 1. The van der Waals surface area contributed by atoms with E-state index < -0.39 is 0 Å². The molecule has 0 saturated carbocycles. The molecule has 7 heteroatoms. The highest BCUT2D eigenvalue weighted by atomic mass is 16.5. The van der Waals surface area contributed by atoms with Crippen LogP contribution in [-0.2, 0) is 5.41 Å². The summed E-state index contributed by atoms with van der Waals surface area (Å²) in [5, 5.41) is 4.44. The second-order valence-corrected chi connectivity index (χ2v) is 8.80. The molecule has 0 aliphatic carbocycles. The molecule has 4 rings (SSSR count). The van der Waals surface area contributed by atoms with Gasteiger partial charge in [-0.25, -0.2) is 9.97 Å². The zero-order chi connectivity index (χ0) is 21.3. The number of piperidine rings is 1. The Bertz CT molecular complexity index is 974. The maximum atomic E-state index is 5.75. The minimum absolute atomic E-state index is 0.278. The molecule has 158 valence electrons. The van der Waals surface area contributed by atoms with E-state index in [4.69, 9.17) is 15.2 Å². The van der Waals surface area contributed by atoms with E-state index in [0.29, 0.717) is 11.8 Å². The minimum Gasteiger partial charge on any atom is -0.368 e. The topological polar surface area (TPSA) is 94.0 Å². The van der Waals surface area contributed by atoms with Crippen LogP contribution in [-0.4, -0.2) is 45.1 Å². The molecule has 3 aromatic rings. The number of benzene rings is 1. The molecule has 2 aromatic heterocycles. The predicted molar refractivity (Wildman–Crippen MR) is 117 cm³/mol. The number of nitrogens with two attached hydrogens (primary N) is 1. The van der Waals surface area contributed by atoms with Gasteiger partial charge in [-0.1, -0.05) is 43.3 Å². The van der Waals surface area contributed by atoms with Gasteiger partial charge in [0.25, 0.3) is 0 Å². The quantitative estimate of drug-likeness (QED) is 0.687. The summed E-state index contributed by atoms with van der Waals surface area (Å²) in [6.07, 6.45) is 5.61. The summed E-state index contributed by atoms with van der Waals surface area (Å²) in [5.41, 5.74) is 8.40. The van der Waals surface area contributed by atoms with E-state index in [1.54, 1.807) is 12.4 Å². The number of hydrogen-bond donors (Lipinski definition) is 1. The van der Waals surface area contributed by atoms with Crippen LogP contribution in [0, 0.1) is 5.92 Å². The first kappa shape index (κ1) is 20.5. The van der Waals surface area contributed by atoms with E-state index in [1.807, 2.05) is 0 Å². The summed E-state index contributed by atoms with van der Waals surface area (Å²) in [4.78, 5) is 15.4. The van der Waals surface area contributed by atoms with Crippen molar-refractivity contribution in [2.45, 2.75) is 44.9 Å². The normalized spacial score (nSPS) is 17.9. The largest absolute Gasteiger partial charge is 0.368 e. The van der Waals surface area contributed by atoms with Crippen molar-refractivity contribution < 1.29 is 4.52 Å². The zero-order valence-electron chi connectivity index (χ0n) is 18.2. The van der Waals surface area contributed by atoms with Gasteiger partial charge < -0.3 is 15.2 Å². The van der Waals surface area contributed by atoms with Gasteiger partial charge in [0.1, 0.15) is 0 Å². The van der Waals surface area contributed by atoms with E-state index >= 15 is 0 Å². The second-order valence-electron chi connectivity index (χ2n) is 8.80. The van der Waals surface area contributed by atoms with Crippen LogP contribution in [0.3, 0.4) is 0 Å². The maximum Gasteiger partial charge on any atom is 0.229 e. The van der Waals surface area contributed by atoms with Crippen LogP contribution >= 0.6 is 0 Å². The Labute approximate surface area is 177 Å². The lowest BCUT2D eigenvalue weighted by Gasteiger charge is -2.31. The average molecular weight is 407 g/mol. The van der Waals surface area contributed by atoms with Gasteiger partial charge in [-0.15, -0.1) is 0 Å². The van der Waals surface area contributed by atoms with Crippen molar-refractivity contribution in [3.8, 4) is 11.1 Å². The van der Waals surface area contributed by atoms with Crippen LogP contribution < -0.4 is 5.73 Å². The number of hydrogen-bond acceptors (Lipinski definition) is 7. The molecule has 7 nitrogen and oxygen atoms in total. The van der Waals surface area contributed by atoms with Gasteiger partial charge in [0.05, 0.1) is 5.41 Å². The van der Waals surface area contributed by atoms with E-state index in [9.17, 15) is 0 Å². The van der Waals surface area contributed by atoms with Crippen LogP contribution in [0.2, 0.25) is 0 Å². The molecule has 1 atom stereocenters. The highest BCUT2D eigenvalue weighted by molar-refractivity contribution is 5.62. The fourth-order valence-corrected chi connectivity index (χ4v) is 4.08. The van der Waals surface area contributed by atoms with Crippen LogP contribution in [0.4, 0.5) is 5.95 Å². The number of anilines is 1. The summed E-state index contributed by atoms with van der Waals surface area (Å²) < 4.78 is 5.75. The van der Waals surface area contributed by atoms with Crippen LogP contribution in [0.15, 0.2) is 41.2 Å². The lowest BCUT2D eigenvalue weighted by molar-refractivity contribution is 0.226. The monoisotopic (exact) mass is 406 g/mol. The zero-order valence-corrected chi connectivity index (χ0v) is 18.2. The Morgan fingerprint density at radius 1 is 1.07 bits per heavy atom. The standard InChI is InChI=1S/C23H30N6O/c1-15(2)23(3,21-27-20(30-28-21)17-9-11-29(4)12-10-17)19-7-5-16(6-8-19)18-13-25-22(24)26-14-18/h5-8,13-15,17H,9-12H2,1-4H3,(H2,24,25,26). The molecular weight excluding hydrogens is 376 g/mol. The lowest BCUT2D eigenvalue weighted by Crippen LogP contribution is -2.32. The van der Waals surface area contributed by atoms with Gasteiger partial charge in [0, 0.05) is 23.9 Å². The number of aromatic nitrogens is 4. The Kier molecular flexibility index (Phi) is 5.56. The Hall–Kier alpha value is -2.80. The fourth-order valence-electron chi connectivity index (χ4n) is 4.08. The number of rotatable bonds is 5. The third-order valence-corrected chi connectivity index (χ3v) is 6.62. The molecule has 1 saturated heterocycles. The first-order valence-corrected chi connectivity index (χ1v) is 10.6. The summed E-state index contributed by atoms with van der Waals surface area (Å²) in [5.74, 6) is 2.47. The molecule has 0 amide bonds. The molecular formula is C23H30N6O. The third kappa shape index (κ3) is 3.81. The minimum atomic E-state index is -0.344. The van der Waals surface area contributed by atoms with Crippen LogP contribution in [0.5, 0.6) is 0 Å². The molecule has 1 aliphatic rings. The first-order chi connectivity index (χ1) is 14.4. The first-order valence-electron chi connectivity index (χ1n) is 10.6. The molecule has 1 aliphatic heterocycles. The van der Waals surface area contributed by atoms with E-state index in [-0.39, 0.29) is 11.4 Å².